The Hall–Kier alpha value is -0.650. The van der Waals surface area contributed by atoms with Gasteiger partial charge >= 0.3 is 5.97 Å². The molecule has 3 N–H and O–H groups in total. The Bertz CT molecular complexity index is 180. The number of hydrogen-bond donors (Lipinski definition) is 2. The minimum atomic E-state index is -0.908. The molecule has 0 aromatic carbocycles. The predicted octanol–water partition coefficient (Wildman–Crippen LogP) is -0.724. The molecule has 82 valence electrons. The van der Waals surface area contributed by atoms with Gasteiger partial charge in [-0.25, -0.2) is 0 Å². The van der Waals surface area contributed by atoms with Gasteiger partial charge in [0.05, 0.1) is 13.2 Å². The maximum atomic E-state index is 11.1. The normalized spacial score (nSPS) is 20.4. The third kappa shape index (κ3) is 3.61. The molecule has 1 aliphatic rings. The highest BCUT2D eigenvalue weighted by molar-refractivity contribution is 5.75. The first kappa shape index (κ1) is 11.4. The Morgan fingerprint density at radius 2 is 2.21 bits per heavy atom. The molecule has 0 aromatic rings. The second-order valence-electron chi connectivity index (χ2n) is 3.47. The first-order chi connectivity index (χ1) is 6.74. The number of carbonyl (C=O) groups excluding carboxylic acids is 1. The Labute approximate surface area is 83.2 Å². The molecule has 1 fully saturated rings. The summed E-state index contributed by atoms with van der Waals surface area (Å²) >= 11 is 0. The summed E-state index contributed by atoms with van der Waals surface area (Å²) in [6.07, 6.45) is 1.84. The largest absolute Gasteiger partial charge is 0.464 e. The third-order valence-corrected chi connectivity index (χ3v) is 2.30. The van der Waals surface area contributed by atoms with Crippen LogP contribution in [-0.4, -0.2) is 43.5 Å². The maximum Gasteiger partial charge on any atom is 0.325 e. The van der Waals surface area contributed by atoms with Crippen LogP contribution in [0.15, 0.2) is 0 Å². The van der Waals surface area contributed by atoms with Gasteiger partial charge < -0.3 is 20.3 Å². The van der Waals surface area contributed by atoms with Crippen molar-refractivity contribution in [1.29, 1.82) is 0 Å². The fourth-order valence-electron chi connectivity index (χ4n) is 1.29. The van der Waals surface area contributed by atoms with E-state index in [1.807, 2.05) is 0 Å². The van der Waals surface area contributed by atoms with E-state index >= 15 is 0 Å². The van der Waals surface area contributed by atoms with Crippen molar-refractivity contribution in [3.63, 3.8) is 0 Å². The van der Waals surface area contributed by atoms with Gasteiger partial charge in [0.15, 0.2) is 0 Å². The molecule has 14 heavy (non-hydrogen) atoms. The van der Waals surface area contributed by atoms with Gasteiger partial charge in [0.2, 0.25) is 0 Å². The second kappa shape index (κ2) is 5.95. The molecular weight excluding hydrogens is 186 g/mol. The molecule has 1 atom stereocenters. The van der Waals surface area contributed by atoms with Crippen molar-refractivity contribution in [2.24, 2.45) is 11.7 Å². The summed E-state index contributed by atoms with van der Waals surface area (Å²) in [5.74, 6) is -0.155. The zero-order chi connectivity index (χ0) is 10.4. The number of ether oxygens (including phenoxy) is 2. The SMILES string of the molecule is N[C@H](CO)C(=O)OCC1CCOCC1. The van der Waals surface area contributed by atoms with E-state index in [-0.39, 0.29) is 6.61 Å². The molecule has 0 aliphatic carbocycles. The van der Waals surface area contributed by atoms with Crippen LogP contribution >= 0.6 is 0 Å². The van der Waals surface area contributed by atoms with E-state index in [1.165, 1.54) is 0 Å². The smallest absolute Gasteiger partial charge is 0.325 e. The molecule has 0 unspecified atom stereocenters. The van der Waals surface area contributed by atoms with Crippen molar-refractivity contribution in [1.82, 2.24) is 0 Å². The topological polar surface area (TPSA) is 81.8 Å². The highest BCUT2D eigenvalue weighted by Gasteiger charge is 2.18. The van der Waals surface area contributed by atoms with E-state index in [4.69, 9.17) is 20.3 Å². The molecule has 5 heteroatoms. The number of rotatable bonds is 4. The Morgan fingerprint density at radius 3 is 2.79 bits per heavy atom. The van der Waals surface area contributed by atoms with E-state index in [0.717, 1.165) is 26.1 Å². The molecule has 1 aliphatic heterocycles. The summed E-state index contributed by atoms with van der Waals surface area (Å²) in [7, 11) is 0. The predicted molar refractivity (Wildman–Crippen MR) is 49.6 cm³/mol. The van der Waals surface area contributed by atoms with E-state index in [1.54, 1.807) is 0 Å². The Kier molecular flexibility index (Phi) is 4.86. The van der Waals surface area contributed by atoms with Gasteiger partial charge in [-0.2, -0.15) is 0 Å². The zero-order valence-electron chi connectivity index (χ0n) is 8.15. The summed E-state index contributed by atoms with van der Waals surface area (Å²) in [4.78, 5) is 11.1. The average Bonchev–Trinajstić information content (AvgIpc) is 2.26. The van der Waals surface area contributed by atoms with Crippen LogP contribution in [0, 0.1) is 5.92 Å². The molecule has 5 nitrogen and oxygen atoms in total. The van der Waals surface area contributed by atoms with Gasteiger partial charge in [0, 0.05) is 13.2 Å². The molecule has 0 aromatic heterocycles. The molecule has 1 heterocycles. The van der Waals surface area contributed by atoms with E-state index in [2.05, 4.69) is 0 Å². The van der Waals surface area contributed by atoms with Gasteiger partial charge in [-0.05, 0) is 18.8 Å². The lowest BCUT2D eigenvalue weighted by Gasteiger charge is -2.22. The summed E-state index contributed by atoms with van der Waals surface area (Å²) < 4.78 is 10.1. The van der Waals surface area contributed by atoms with Crippen LogP contribution in [0.3, 0.4) is 0 Å². The van der Waals surface area contributed by atoms with E-state index in [0.29, 0.717) is 12.5 Å². The van der Waals surface area contributed by atoms with Crippen molar-refractivity contribution in [2.45, 2.75) is 18.9 Å². The molecule has 0 amide bonds. The lowest BCUT2D eigenvalue weighted by molar-refractivity contribution is -0.148. The van der Waals surface area contributed by atoms with Crippen LogP contribution in [0.25, 0.3) is 0 Å². The fraction of sp³-hybridized carbons (Fsp3) is 0.889. The highest BCUT2D eigenvalue weighted by Crippen LogP contribution is 2.14. The van der Waals surface area contributed by atoms with Gasteiger partial charge in [-0.3, -0.25) is 4.79 Å². The first-order valence-electron chi connectivity index (χ1n) is 4.85. The van der Waals surface area contributed by atoms with Crippen LogP contribution in [0.2, 0.25) is 0 Å². The van der Waals surface area contributed by atoms with Crippen LogP contribution in [-0.2, 0) is 14.3 Å². The quantitative estimate of drug-likeness (QED) is 0.589. The summed E-state index contributed by atoms with van der Waals surface area (Å²) in [5, 5.41) is 8.60. The van der Waals surface area contributed by atoms with Gasteiger partial charge in [-0.15, -0.1) is 0 Å². The average molecular weight is 203 g/mol. The molecule has 0 bridgehead atoms. The number of hydrogen-bond acceptors (Lipinski definition) is 5. The standard InChI is InChI=1S/C9H17NO4/c10-8(5-11)9(12)14-6-7-1-3-13-4-2-7/h7-8,11H,1-6,10H2/t8-/m1/s1. The molecule has 0 saturated carbocycles. The van der Waals surface area contributed by atoms with Crippen molar-refractivity contribution in [3.05, 3.63) is 0 Å². The Balaban J connectivity index is 2.15. The van der Waals surface area contributed by atoms with Crippen LogP contribution in [0.1, 0.15) is 12.8 Å². The zero-order valence-corrected chi connectivity index (χ0v) is 8.15. The lowest BCUT2D eigenvalue weighted by atomic mass is 10.0. The number of nitrogens with two attached hydrogens (primary N) is 1. The molecule has 0 radical (unpaired) electrons. The first-order valence-corrected chi connectivity index (χ1v) is 4.85. The van der Waals surface area contributed by atoms with Crippen LogP contribution < -0.4 is 5.73 Å². The van der Waals surface area contributed by atoms with Crippen molar-refractivity contribution >= 4 is 5.97 Å². The van der Waals surface area contributed by atoms with Crippen molar-refractivity contribution < 1.29 is 19.4 Å². The third-order valence-electron chi connectivity index (χ3n) is 2.30. The molecular formula is C9H17NO4. The monoisotopic (exact) mass is 203 g/mol. The number of esters is 1. The fourth-order valence-corrected chi connectivity index (χ4v) is 1.29. The minimum absolute atomic E-state index is 0.368. The van der Waals surface area contributed by atoms with Gasteiger partial charge in [0.25, 0.3) is 0 Å². The molecule has 1 rings (SSSR count). The van der Waals surface area contributed by atoms with E-state index < -0.39 is 12.0 Å². The maximum absolute atomic E-state index is 11.1. The summed E-state index contributed by atoms with van der Waals surface area (Å²) in [6.45, 7) is 1.48. The van der Waals surface area contributed by atoms with Crippen LogP contribution in [0.4, 0.5) is 0 Å². The second-order valence-corrected chi connectivity index (χ2v) is 3.47. The number of carbonyl (C=O) groups is 1. The summed E-state index contributed by atoms with van der Waals surface area (Å²) in [5.41, 5.74) is 5.28. The van der Waals surface area contributed by atoms with Gasteiger partial charge in [0.1, 0.15) is 6.04 Å². The van der Waals surface area contributed by atoms with Crippen LogP contribution in [0.5, 0.6) is 0 Å². The molecule has 1 saturated heterocycles. The lowest BCUT2D eigenvalue weighted by Crippen LogP contribution is -2.36. The highest BCUT2D eigenvalue weighted by atomic mass is 16.5. The number of aliphatic hydroxyl groups is 1. The van der Waals surface area contributed by atoms with Crippen molar-refractivity contribution in [3.8, 4) is 0 Å². The van der Waals surface area contributed by atoms with Crippen molar-refractivity contribution in [2.75, 3.05) is 26.4 Å². The summed E-state index contributed by atoms with van der Waals surface area (Å²) in [6, 6.07) is -0.908. The molecule has 0 spiro atoms. The number of aliphatic hydroxyl groups excluding tert-OH is 1. The van der Waals surface area contributed by atoms with E-state index in [9.17, 15) is 4.79 Å². The minimum Gasteiger partial charge on any atom is -0.464 e. The van der Waals surface area contributed by atoms with Gasteiger partial charge in [-0.1, -0.05) is 0 Å². The Morgan fingerprint density at radius 1 is 1.57 bits per heavy atom.